The van der Waals surface area contributed by atoms with Gasteiger partial charge < -0.3 is 14.9 Å². The molecule has 7 heteroatoms. The van der Waals surface area contributed by atoms with Gasteiger partial charge in [0.1, 0.15) is 0 Å². The quantitative estimate of drug-likeness (QED) is 0.682. The van der Waals surface area contributed by atoms with Crippen molar-refractivity contribution in [2.75, 3.05) is 31.1 Å². The number of nitrogens with zero attached hydrogens (tertiary/aromatic N) is 3. The van der Waals surface area contributed by atoms with Crippen molar-refractivity contribution in [3.63, 3.8) is 0 Å². The van der Waals surface area contributed by atoms with Crippen molar-refractivity contribution in [2.45, 2.75) is 37.8 Å². The minimum Gasteiger partial charge on any atom is -0.393 e. The molecule has 1 aromatic rings. The van der Waals surface area contributed by atoms with E-state index in [4.69, 9.17) is 0 Å². The highest BCUT2D eigenvalue weighted by Crippen LogP contribution is 2.28. The number of likely N-dealkylation sites (tertiary alicyclic amines) is 1. The Hall–Kier alpha value is -1.73. The van der Waals surface area contributed by atoms with Crippen LogP contribution in [0.25, 0.3) is 0 Å². The van der Waals surface area contributed by atoms with Crippen LogP contribution in [-0.2, 0) is 0 Å². The molecule has 23 heavy (non-hydrogen) atoms. The SMILES string of the molecule is O=[N+]([O-])c1ccc(N2CCC(N3CCC(O)CC3)CC2)c(F)c1. The molecule has 126 valence electrons. The number of nitro groups is 1. The number of aliphatic hydroxyl groups is 1. The summed E-state index contributed by atoms with van der Waals surface area (Å²) in [6.07, 6.45) is 3.40. The van der Waals surface area contributed by atoms with Gasteiger partial charge in [0.05, 0.1) is 22.8 Å². The smallest absolute Gasteiger partial charge is 0.272 e. The van der Waals surface area contributed by atoms with Crippen LogP contribution in [-0.4, -0.2) is 53.3 Å². The second-order valence-electron chi connectivity index (χ2n) is 6.38. The normalized spacial score (nSPS) is 21.6. The Labute approximate surface area is 134 Å². The molecule has 0 atom stereocenters. The molecule has 3 rings (SSSR count). The minimum atomic E-state index is -0.579. The van der Waals surface area contributed by atoms with Gasteiger partial charge in [-0.2, -0.15) is 0 Å². The van der Waals surface area contributed by atoms with E-state index in [1.54, 1.807) is 0 Å². The zero-order chi connectivity index (χ0) is 16.4. The van der Waals surface area contributed by atoms with Gasteiger partial charge in [-0.25, -0.2) is 4.39 Å². The molecular formula is C16H22FN3O3. The maximum absolute atomic E-state index is 14.1. The second kappa shape index (κ2) is 6.80. The summed E-state index contributed by atoms with van der Waals surface area (Å²) in [5, 5.41) is 20.3. The Balaban J connectivity index is 1.59. The van der Waals surface area contributed by atoms with Gasteiger partial charge in [0.25, 0.3) is 5.69 Å². The largest absolute Gasteiger partial charge is 0.393 e. The zero-order valence-corrected chi connectivity index (χ0v) is 13.0. The summed E-state index contributed by atoms with van der Waals surface area (Å²) < 4.78 is 14.1. The van der Waals surface area contributed by atoms with E-state index >= 15 is 0 Å². The van der Waals surface area contributed by atoms with E-state index in [0.717, 1.165) is 57.9 Å². The molecule has 2 aliphatic rings. The van der Waals surface area contributed by atoms with Gasteiger partial charge in [0, 0.05) is 38.3 Å². The van der Waals surface area contributed by atoms with Gasteiger partial charge in [0.15, 0.2) is 5.82 Å². The molecule has 2 heterocycles. The van der Waals surface area contributed by atoms with Crippen LogP contribution in [0.3, 0.4) is 0 Å². The molecule has 0 radical (unpaired) electrons. The number of rotatable bonds is 3. The van der Waals surface area contributed by atoms with Crippen molar-refractivity contribution >= 4 is 11.4 Å². The first kappa shape index (κ1) is 16.1. The summed E-state index contributed by atoms with van der Waals surface area (Å²) in [7, 11) is 0. The highest BCUT2D eigenvalue weighted by molar-refractivity contribution is 5.52. The summed E-state index contributed by atoms with van der Waals surface area (Å²) in [6.45, 7) is 3.35. The first-order valence-electron chi connectivity index (χ1n) is 8.15. The molecule has 0 amide bonds. The molecule has 0 aromatic heterocycles. The van der Waals surface area contributed by atoms with Crippen molar-refractivity contribution in [3.05, 3.63) is 34.1 Å². The summed E-state index contributed by atoms with van der Waals surface area (Å²) in [4.78, 5) is 14.5. The van der Waals surface area contributed by atoms with Crippen LogP contribution in [0.15, 0.2) is 18.2 Å². The van der Waals surface area contributed by atoms with Gasteiger partial charge >= 0.3 is 0 Å². The van der Waals surface area contributed by atoms with Crippen LogP contribution in [0.5, 0.6) is 0 Å². The predicted octanol–water partition coefficient (Wildman–Crippen LogP) is 2.16. The van der Waals surface area contributed by atoms with Crippen LogP contribution in [0.4, 0.5) is 15.8 Å². The molecule has 6 nitrogen and oxygen atoms in total. The average Bonchev–Trinajstić information content (AvgIpc) is 2.56. The lowest BCUT2D eigenvalue weighted by Crippen LogP contribution is -2.48. The van der Waals surface area contributed by atoms with E-state index in [0.29, 0.717) is 11.7 Å². The van der Waals surface area contributed by atoms with Crippen molar-refractivity contribution in [1.29, 1.82) is 0 Å². The average molecular weight is 323 g/mol. The summed E-state index contributed by atoms with van der Waals surface area (Å²) >= 11 is 0. The van der Waals surface area contributed by atoms with Crippen molar-refractivity contribution in [1.82, 2.24) is 4.90 Å². The van der Waals surface area contributed by atoms with Gasteiger partial charge in [-0.3, -0.25) is 10.1 Å². The molecule has 1 aromatic carbocycles. The molecule has 2 saturated heterocycles. The number of piperidine rings is 2. The van der Waals surface area contributed by atoms with Gasteiger partial charge in [-0.15, -0.1) is 0 Å². The number of nitro benzene ring substituents is 1. The van der Waals surface area contributed by atoms with E-state index in [-0.39, 0.29) is 11.8 Å². The number of hydrogen-bond donors (Lipinski definition) is 1. The maximum atomic E-state index is 14.1. The molecule has 0 aliphatic carbocycles. The summed E-state index contributed by atoms with van der Waals surface area (Å²) in [6, 6.07) is 4.34. The molecule has 0 spiro atoms. The Bertz CT molecular complexity index is 568. The van der Waals surface area contributed by atoms with E-state index in [9.17, 15) is 19.6 Å². The predicted molar refractivity (Wildman–Crippen MR) is 85.1 cm³/mol. The van der Waals surface area contributed by atoms with Crippen molar-refractivity contribution < 1.29 is 14.4 Å². The van der Waals surface area contributed by atoms with E-state index in [1.807, 2.05) is 4.90 Å². The van der Waals surface area contributed by atoms with Crippen LogP contribution in [0.2, 0.25) is 0 Å². The Morgan fingerprint density at radius 2 is 1.78 bits per heavy atom. The summed E-state index contributed by atoms with van der Waals surface area (Å²) in [5.41, 5.74) is 0.233. The van der Waals surface area contributed by atoms with Gasteiger partial charge in [0.2, 0.25) is 0 Å². The van der Waals surface area contributed by atoms with Crippen LogP contribution >= 0.6 is 0 Å². The zero-order valence-electron chi connectivity index (χ0n) is 13.0. The fourth-order valence-electron chi connectivity index (χ4n) is 3.59. The highest BCUT2D eigenvalue weighted by atomic mass is 19.1. The lowest BCUT2D eigenvalue weighted by atomic mass is 9.98. The number of aliphatic hydroxyl groups excluding tert-OH is 1. The monoisotopic (exact) mass is 323 g/mol. The Morgan fingerprint density at radius 3 is 2.35 bits per heavy atom. The standard InChI is InChI=1S/C16H22FN3O3/c17-15-11-13(20(22)23)1-2-16(15)19-7-3-12(4-8-19)18-9-5-14(21)6-10-18/h1-2,11-12,14,21H,3-10H2. The Kier molecular flexibility index (Phi) is 4.77. The number of halogens is 1. The number of hydrogen-bond acceptors (Lipinski definition) is 5. The lowest BCUT2D eigenvalue weighted by molar-refractivity contribution is -0.385. The molecule has 2 aliphatic heterocycles. The van der Waals surface area contributed by atoms with Crippen LogP contribution in [0.1, 0.15) is 25.7 Å². The summed E-state index contributed by atoms with van der Waals surface area (Å²) in [5.74, 6) is -0.529. The molecule has 0 saturated carbocycles. The van der Waals surface area contributed by atoms with E-state index in [2.05, 4.69) is 4.90 Å². The number of anilines is 1. The van der Waals surface area contributed by atoms with E-state index in [1.165, 1.54) is 12.1 Å². The number of benzene rings is 1. The first-order chi connectivity index (χ1) is 11.0. The molecule has 1 N–H and O–H groups in total. The van der Waals surface area contributed by atoms with Crippen LogP contribution in [0, 0.1) is 15.9 Å². The lowest BCUT2D eigenvalue weighted by Gasteiger charge is -2.41. The molecule has 0 bridgehead atoms. The third-order valence-electron chi connectivity index (χ3n) is 4.96. The number of non-ortho nitro benzene ring substituents is 1. The van der Waals surface area contributed by atoms with Crippen molar-refractivity contribution in [3.8, 4) is 0 Å². The first-order valence-corrected chi connectivity index (χ1v) is 8.15. The van der Waals surface area contributed by atoms with E-state index < -0.39 is 10.7 Å². The topological polar surface area (TPSA) is 69.9 Å². The fraction of sp³-hybridized carbons (Fsp3) is 0.625. The fourth-order valence-corrected chi connectivity index (χ4v) is 3.59. The van der Waals surface area contributed by atoms with Gasteiger partial charge in [-0.1, -0.05) is 0 Å². The molecule has 0 unspecified atom stereocenters. The maximum Gasteiger partial charge on any atom is 0.272 e. The third-order valence-corrected chi connectivity index (χ3v) is 4.96. The van der Waals surface area contributed by atoms with Crippen LogP contribution < -0.4 is 4.90 Å². The highest BCUT2D eigenvalue weighted by Gasteiger charge is 2.28. The molecule has 2 fully saturated rings. The molecular weight excluding hydrogens is 301 g/mol. The van der Waals surface area contributed by atoms with Crippen molar-refractivity contribution in [2.24, 2.45) is 0 Å². The Morgan fingerprint density at radius 1 is 1.13 bits per heavy atom. The van der Waals surface area contributed by atoms with Gasteiger partial charge in [-0.05, 0) is 31.7 Å². The second-order valence-corrected chi connectivity index (χ2v) is 6.38. The third kappa shape index (κ3) is 3.61. The minimum absolute atomic E-state index is 0.166.